The molecule has 0 bridgehead atoms. The van der Waals surface area contributed by atoms with Crippen molar-refractivity contribution in [1.82, 2.24) is 14.5 Å². The van der Waals surface area contributed by atoms with Crippen molar-refractivity contribution < 1.29 is 0 Å². The normalized spacial score (nSPS) is 11.4. The van der Waals surface area contributed by atoms with Gasteiger partial charge in [-0.2, -0.15) is 11.8 Å². The van der Waals surface area contributed by atoms with E-state index in [0.717, 1.165) is 28.8 Å². The van der Waals surface area contributed by atoms with E-state index in [1.807, 2.05) is 30.1 Å². The summed E-state index contributed by atoms with van der Waals surface area (Å²) in [7, 11) is 0. The molecule has 3 nitrogen and oxygen atoms in total. The molecular weight excluding hydrogens is 286 g/mol. The van der Waals surface area contributed by atoms with Crippen LogP contribution < -0.4 is 0 Å². The monoisotopic (exact) mass is 303 g/mol. The molecule has 3 aromatic rings. The first-order valence-corrected chi connectivity index (χ1v) is 8.56. The van der Waals surface area contributed by atoms with Crippen LogP contribution in [-0.4, -0.2) is 26.5 Å². The van der Waals surface area contributed by atoms with Crippen LogP contribution in [0.5, 0.6) is 0 Å². The van der Waals surface area contributed by atoms with Crippen LogP contribution in [0.15, 0.2) is 30.5 Å². The summed E-state index contributed by atoms with van der Waals surface area (Å²) in [4.78, 5) is 7.75. The van der Waals surface area contributed by atoms with E-state index in [0.29, 0.717) is 0 Å². The lowest BCUT2D eigenvalue weighted by atomic mass is 10.2. The number of aryl methyl sites for hydroxylation is 1. The zero-order valence-electron chi connectivity index (χ0n) is 11.4. The first kappa shape index (κ1) is 13.6. The standard InChI is InChI=1S/C15H17N3S2/c1-20-9-5-4-8-18-14-11-6-2-3-7-12(11)16-10-13(14)17-15(18)19/h2-3,6-7,10H,4-5,8-9H2,1H3,(H,17,19). The molecule has 0 saturated carbocycles. The highest BCUT2D eigenvalue weighted by Crippen LogP contribution is 2.23. The minimum Gasteiger partial charge on any atom is -0.329 e. The van der Waals surface area contributed by atoms with Gasteiger partial charge >= 0.3 is 0 Å². The fraction of sp³-hybridized carbons (Fsp3) is 0.333. The third-order valence-corrected chi connectivity index (χ3v) is 4.50. The summed E-state index contributed by atoms with van der Waals surface area (Å²) in [5, 5.41) is 1.17. The SMILES string of the molecule is CSCCCCn1c(=S)[nH]c2cnc3ccccc3c21. The van der Waals surface area contributed by atoms with E-state index in [4.69, 9.17) is 12.2 Å². The minimum atomic E-state index is 0.794. The van der Waals surface area contributed by atoms with Gasteiger partial charge in [0.05, 0.1) is 22.7 Å². The molecule has 0 atom stereocenters. The number of benzene rings is 1. The van der Waals surface area contributed by atoms with Crippen molar-refractivity contribution in [1.29, 1.82) is 0 Å². The highest BCUT2D eigenvalue weighted by molar-refractivity contribution is 7.98. The van der Waals surface area contributed by atoms with E-state index in [1.54, 1.807) is 0 Å². The minimum absolute atomic E-state index is 0.794. The highest BCUT2D eigenvalue weighted by atomic mass is 32.2. The third-order valence-electron chi connectivity index (χ3n) is 3.48. The van der Waals surface area contributed by atoms with Crippen LogP contribution >= 0.6 is 24.0 Å². The van der Waals surface area contributed by atoms with Gasteiger partial charge in [-0.25, -0.2) is 0 Å². The van der Waals surface area contributed by atoms with Gasteiger partial charge in [0, 0.05) is 11.9 Å². The molecule has 0 aliphatic heterocycles. The lowest BCUT2D eigenvalue weighted by Gasteiger charge is -2.06. The lowest BCUT2D eigenvalue weighted by molar-refractivity contribution is 0.644. The molecule has 1 N–H and O–H groups in total. The molecule has 0 amide bonds. The number of pyridine rings is 1. The molecule has 5 heteroatoms. The van der Waals surface area contributed by atoms with E-state index in [1.165, 1.54) is 23.1 Å². The number of imidazole rings is 1. The van der Waals surface area contributed by atoms with Crippen molar-refractivity contribution in [2.24, 2.45) is 0 Å². The molecule has 104 valence electrons. The van der Waals surface area contributed by atoms with Crippen molar-refractivity contribution in [2.75, 3.05) is 12.0 Å². The van der Waals surface area contributed by atoms with Gasteiger partial charge in [-0.3, -0.25) is 4.98 Å². The molecule has 2 aromatic heterocycles. The zero-order chi connectivity index (χ0) is 13.9. The number of aromatic nitrogens is 3. The third kappa shape index (κ3) is 2.47. The lowest BCUT2D eigenvalue weighted by Crippen LogP contribution is -1.99. The van der Waals surface area contributed by atoms with Crippen LogP contribution in [0.3, 0.4) is 0 Å². The van der Waals surface area contributed by atoms with Gasteiger partial charge in [0.2, 0.25) is 0 Å². The van der Waals surface area contributed by atoms with Crippen LogP contribution in [0.1, 0.15) is 12.8 Å². The quantitative estimate of drug-likeness (QED) is 0.560. The second kappa shape index (κ2) is 5.97. The Morgan fingerprint density at radius 2 is 2.15 bits per heavy atom. The number of hydrogen-bond donors (Lipinski definition) is 1. The summed E-state index contributed by atoms with van der Waals surface area (Å²) in [5.41, 5.74) is 3.23. The maximum Gasteiger partial charge on any atom is 0.178 e. The van der Waals surface area contributed by atoms with Crippen molar-refractivity contribution in [3.8, 4) is 0 Å². The highest BCUT2D eigenvalue weighted by Gasteiger charge is 2.08. The van der Waals surface area contributed by atoms with Crippen molar-refractivity contribution in [3.63, 3.8) is 0 Å². The smallest absolute Gasteiger partial charge is 0.178 e. The Kier molecular flexibility index (Phi) is 4.08. The molecule has 0 radical (unpaired) electrons. The topological polar surface area (TPSA) is 33.6 Å². The Balaban J connectivity index is 2.08. The number of unbranched alkanes of at least 4 members (excludes halogenated alkanes) is 1. The van der Waals surface area contributed by atoms with E-state index in [2.05, 4.69) is 32.9 Å². The Morgan fingerprint density at radius 1 is 1.30 bits per heavy atom. The number of aromatic amines is 1. The average molecular weight is 303 g/mol. The summed E-state index contributed by atoms with van der Waals surface area (Å²) < 4.78 is 3.01. The summed E-state index contributed by atoms with van der Waals surface area (Å²) in [5.74, 6) is 1.21. The number of hydrogen-bond acceptors (Lipinski definition) is 3. The maximum absolute atomic E-state index is 5.47. The molecule has 1 aromatic carbocycles. The molecule has 0 unspecified atom stereocenters. The predicted octanol–water partition coefficient (Wildman–Crippen LogP) is 4.39. The predicted molar refractivity (Wildman–Crippen MR) is 90.0 cm³/mol. The Bertz CT molecular complexity index is 789. The molecule has 0 saturated heterocycles. The molecular formula is C15H17N3S2. The summed E-state index contributed by atoms with van der Waals surface area (Å²) in [6.07, 6.45) is 6.40. The first-order valence-electron chi connectivity index (χ1n) is 6.76. The van der Waals surface area contributed by atoms with E-state index in [9.17, 15) is 0 Å². The zero-order valence-corrected chi connectivity index (χ0v) is 13.1. The second-order valence-corrected chi connectivity index (χ2v) is 6.19. The van der Waals surface area contributed by atoms with Gasteiger partial charge < -0.3 is 9.55 Å². The average Bonchev–Trinajstić information content (AvgIpc) is 2.80. The fourth-order valence-corrected chi connectivity index (χ4v) is 3.31. The van der Waals surface area contributed by atoms with E-state index >= 15 is 0 Å². The molecule has 3 rings (SSSR count). The number of para-hydroxylation sites is 1. The number of fused-ring (bicyclic) bond motifs is 3. The molecule has 20 heavy (non-hydrogen) atoms. The Morgan fingerprint density at radius 3 is 3.00 bits per heavy atom. The molecule has 0 fully saturated rings. The largest absolute Gasteiger partial charge is 0.329 e. The summed E-state index contributed by atoms with van der Waals surface area (Å²) >= 11 is 7.36. The van der Waals surface area contributed by atoms with E-state index < -0.39 is 0 Å². The van der Waals surface area contributed by atoms with Crippen LogP contribution in [0.4, 0.5) is 0 Å². The molecule has 0 spiro atoms. The number of thioether (sulfide) groups is 1. The maximum atomic E-state index is 5.47. The van der Waals surface area contributed by atoms with Crippen molar-refractivity contribution in [3.05, 3.63) is 35.2 Å². The number of nitrogens with one attached hydrogen (secondary N) is 1. The Hall–Kier alpha value is -1.33. The van der Waals surface area contributed by atoms with Gasteiger partial charge in [0.25, 0.3) is 0 Å². The fourth-order valence-electron chi connectivity index (χ4n) is 2.52. The van der Waals surface area contributed by atoms with Gasteiger partial charge in [-0.05, 0) is 43.1 Å². The summed E-state index contributed by atoms with van der Waals surface area (Å²) in [6.45, 7) is 0.966. The van der Waals surface area contributed by atoms with Gasteiger partial charge in [-0.1, -0.05) is 18.2 Å². The molecule has 0 aliphatic rings. The number of H-pyrrole nitrogens is 1. The summed E-state index contributed by atoms with van der Waals surface area (Å²) in [6, 6.07) is 8.23. The van der Waals surface area contributed by atoms with Crippen LogP contribution in [0.2, 0.25) is 0 Å². The van der Waals surface area contributed by atoms with Gasteiger partial charge in [-0.15, -0.1) is 0 Å². The Labute approximate surface area is 127 Å². The second-order valence-electron chi connectivity index (χ2n) is 4.82. The van der Waals surface area contributed by atoms with Crippen LogP contribution in [0.25, 0.3) is 21.9 Å². The van der Waals surface area contributed by atoms with Crippen molar-refractivity contribution in [2.45, 2.75) is 19.4 Å². The van der Waals surface area contributed by atoms with Gasteiger partial charge in [0.1, 0.15) is 0 Å². The number of nitrogens with zero attached hydrogens (tertiary/aromatic N) is 2. The number of rotatable bonds is 5. The van der Waals surface area contributed by atoms with Crippen molar-refractivity contribution >= 4 is 45.9 Å². The molecule has 0 aliphatic carbocycles. The van der Waals surface area contributed by atoms with Gasteiger partial charge in [0.15, 0.2) is 4.77 Å². The van der Waals surface area contributed by atoms with Crippen LogP contribution in [0, 0.1) is 4.77 Å². The first-order chi connectivity index (χ1) is 9.81. The molecule has 2 heterocycles. The van der Waals surface area contributed by atoms with E-state index in [-0.39, 0.29) is 0 Å². The van der Waals surface area contributed by atoms with Crippen LogP contribution in [-0.2, 0) is 6.54 Å².